The highest BCUT2D eigenvalue weighted by molar-refractivity contribution is 5.85. The number of hydrogen-bond donors (Lipinski definition) is 4. The predicted molar refractivity (Wildman–Crippen MR) is 97.6 cm³/mol. The quantitative estimate of drug-likeness (QED) is 0.375. The number of nitrogens with one attached hydrogen (secondary N) is 1. The molecule has 1 saturated heterocycles. The zero-order valence-electron chi connectivity index (χ0n) is 15.5. The molecule has 0 aliphatic carbocycles. The summed E-state index contributed by atoms with van der Waals surface area (Å²) >= 11 is 0. The second-order valence-electron chi connectivity index (χ2n) is 5.77. The van der Waals surface area contributed by atoms with Crippen molar-refractivity contribution in [2.24, 2.45) is 17.2 Å². The fourth-order valence-corrected chi connectivity index (χ4v) is 2.27. The van der Waals surface area contributed by atoms with Gasteiger partial charge in [-0.05, 0) is 6.54 Å². The fourth-order valence-electron chi connectivity index (χ4n) is 2.27. The number of carbonyl (C=O) groups is 4. The van der Waals surface area contributed by atoms with Crippen LogP contribution in [0.1, 0.15) is 32.6 Å². The first-order valence-corrected chi connectivity index (χ1v) is 8.86. The molecule has 0 unspecified atom stereocenters. The van der Waals surface area contributed by atoms with Crippen LogP contribution >= 0.6 is 0 Å². The van der Waals surface area contributed by atoms with Gasteiger partial charge in [0.2, 0.25) is 23.6 Å². The lowest BCUT2D eigenvalue weighted by Gasteiger charge is -2.34. The van der Waals surface area contributed by atoms with Crippen molar-refractivity contribution in [3.63, 3.8) is 0 Å². The molecule has 26 heavy (non-hydrogen) atoms. The van der Waals surface area contributed by atoms with Crippen molar-refractivity contribution in [1.29, 1.82) is 0 Å². The smallest absolute Gasteiger partial charge is 0.223 e. The summed E-state index contributed by atoms with van der Waals surface area (Å²) in [5.41, 5.74) is 15.1. The van der Waals surface area contributed by atoms with E-state index in [1.165, 1.54) is 0 Å². The number of carbonyl (C=O) groups excluding carboxylic acids is 4. The first kappa shape index (κ1) is 23.8. The van der Waals surface area contributed by atoms with E-state index in [-0.39, 0.29) is 43.4 Å². The Balaban J connectivity index is 0.00000194. The van der Waals surface area contributed by atoms with Crippen LogP contribution in [0.2, 0.25) is 0 Å². The number of rotatable bonds is 8. The number of piperazine rings is 1. The first-order valence-electron chi connectivity index (χ1n) is 8.86. The number of nitrogens with two attached hydrogens (primary N) is 3. The lowest BCUT2D eigenvalue weighted by molar-refractivity contribution is -0.140. The third kappa shape index (κ3) is 10.6. The number of primary amides is 1. The molecule has 1 aliphatic heterocycles. The molecule has 1 fully saturated rings. The van der Waals surface area contributed by atoms with Crippen molar-refractivity contribution < 1.29 is 19.2 Å². The van der Waals surface area contributed by atoms with E-state index in [1.54, 1.807) is 9.80 Å². The van der Waals surface area contributed by atoms with Crippen LogP contribution in [0.3, 0.4) is 0 Å². The van der Waals surface area contributed by atoms with Gasteiger partial charge in [0.05, 0.1) is 0 Å². The summed E-state index contributed by atoms with van der Waals surface area (Å²) in [7, 11) is 0. The van der Waals surface area contributed by atoms with Crippen LogP contribution in [-0.4, -0.2) is 79.2 Å². The maximum atomic E-state index is 12.0. The third-order valence-corrected chi connectivity index (χ3v) is 3.60. The minimum atomic E-state index is -0.500. The molecule has 150 valence electrons. The monoisotopic (exact) mass is 372 g/mol. The Morgan fingerprint density at radius 3 is 1.65 bits per heavy atom. The molecule has 10 heteroatoms. The lowest BCUT2D eigenvalue weighted by Crippen LogP contribution is -2.50. The van der Waals surface area contributed by atoms with Gasteiger partial charge in [0.1, 0.15) is 0 Å². The second-order valence-corrected chi connectivity index (χ2v) is 5.77. The summed E-state index contributed by atoms with van der Waals surface area (Å²) in [4.78, 5) is 49.3. The highest BCUT2D eigenvalue weighted by Gasteiger charge is 2.24. The number of nitrogens with zero attached hydrogens (tertiary/aromatic N) is 2. The Kier molecular flexibility index (Phi) is 12.8. The molecule has 0 bridgehead atoms. The maximum absolute atomic E-state index is 12.0. The van der Waals surface area contributed by atoms with E-state index in [0.29, 0.717) is 39.3 Å². The molecule has 7 N–H and O–H groups in total. The van der Waals surface area contributed by atoms with Crippen LogP contribution in [-0.2, 0) is 19.2 Å². The van der Waals surface area contributed by atoms with Gasteiger partial charge in [-0.3, -0.25) is 19.2 Å². The Morgan fingerprint density at radius 1 is 0.846 bits per heavy atom. The summed E-state index contributed by atoms with van der Waals surface area (Å²) in [5, 5.41) is 2.61. The average molecular weight is 372 g/mol. The summed E-state index contributed by atoms with van der Waals surface area (Å²) in [6.07, 6.45) is 0.420. The molecule has 0 saturated carbocycles. The van der Waals surface area contributed by atoms with Crippen LogP contribution in [0.5, 0.6) is 0 Å². The molecule has 10 nitrogen and oxygen atoms in total. The molecule has 1 rings (SSSR count). The van der Waals surface area contributed by atoms with E-state index in [4.69, 9.17) is 17.2 Å². The van der Waals surface area contributed by atoms with Crippen molar-refractivity contribution in [3.05, 3.63) is 0 Å². The van der Waals surface area contributed by atoms with Gasteiger partial charge in [-0.1, -0.05) is 6.92 Å². The molecule has 0 aromatic carbocycles. The number of hydrogen-bond acceptors (Lipinski definition) is 6. The Morgan fingerprint density at radius 2 is 1.27 bits per heavy atom. The molecule has 0 aromatic rings. The van der Waals surface area contributed by atoms with Crippen molar-refractivity contribution in [2.75, 3.05) is 45.8 Å². The van der Waals surface area contributed by atoms with Gasteiger partial charge in [-0.2, -0.15) is 0 Å². The van der Waals surface area contributed by atoms with Crippen molar-refractivity contribution in [2.45, 2.75) is 32.6 Å². The van der Waals surface area contributed by atoms with Gasteiger partial charge in [-0.15, -0.1) is 0 Å². The van der Waals surface area contributed by atoms with E-state index in [9.17, 15) is 19.2 Å². The van der Waals surface area contributed by atoms with Crippen LogP contribution in [0, 0.1) is 0 Å². The van der Waals surface area contributed by atoms with E-state index >= 15 is 0 Å². The van der Waals surface area contributed by atoms with Crippen LogP contribution < -0.4 is 22.5 Å². The SMILES string of the molecule is CCN.NCCNC(=O)CCC(=O)N1CCN(C(=O)CCC(N)=O)CC1. The molecule has 0 aromatic heterocycles. The third-order valence-electron chi connectivity index (χ3n) is 3.60. The minimum Gasteiger partial charge on any atom is -0.370 e. The van der Waals surface area contributed by atoms with Gasteiger partial charge in [0, 0.05) is 65.0 Å². The molecule has 1 heterocycles. The van der Waals surface area contributed by atoms with Gasteiger partial charge in [-0.25, -0.2) is 0 Å². The molecular weight excluding hydrogens is 340 g/mol. The summed E-state index contributed by atoms with van der Waals surface area (Å²) < 4.78 is 0. The standard InChI is InChI=1S/C14H25N5O4.C2H7N/c15-5-6-17-12(21)2-4-14(23)19-9-7-18(8-10-19)13(22)3-1-11(16)20;1-2-3/h1-10,15H2,(H2,16,20)(H,17,21);2-3H2,1H3. The van der Waals surface area contributed by atoms with E-state index < -0.39 is 5.91 Å². The van der Waals surface area contributed by atoms with Crippen molar-refractivity contribution in [3.8, 4) is 0 Å². The Bertz CT molecular complexity index is 464. The largest absolute Gasteiger partial charge is 0.370 e. The highest BCUT2D eigenvalue weighted by atomic mass is 16.2. The molecule has 1 aliphatic rings. The zero-order chi connectivity index (χ0) is 19.9. The summed E-state index contributed by atoms with van der Waals surface area (Å²) in [6, 6.07) is 0. The first-order chi connectivity index (χ1) is 12.3. The number of amides is 4. The van der Waals surface area contributed by atoms with Crippen LogP contribution in [0.25, 0.3) is 0 Å². The second kappa shape index (κ2) is 14.0. The highest BCUT2D eigenvalue weighted by Crippen LogP contribution is 2.07. The zero-order valence-corrected chi connectivity index (χ0v) is 15.5. The predicted octanol–water partition coefficient (Wildman–Crippen LogP) is -2.26. The van der Waals surface area contributed by atoms with Gasteiger partial charge >= 0.3 is 0 Å². The normalized spacial score (nSPS) is 13.5. The minimum absolute atomic E-state index is 0.0376. The van der Waals surface area contributed by atoms with E-state index in [1.807, 2.05) is 6.92 Å². The Labute approximate surface area is 154 Å². The lowest BCUT2D eigenvalue weighted by atomic mass is 10.2. The van der Waals surface area contributed by atoms with E-state index in [0.717, 1.165) is 6.54 Å². The van der Waals surface area contributed by atoms with Crippen molar-refractivity contribution >= 4 is 23.6 Å². The molecule has 0 radical (unpaired) electrons. The van der Waals surface area contributed by atoms with E-state index in [2.05, 4.69) is 5.32 Å². The molecule has 0 spiro atoms. The van der Waals surface area contributed by atoms with Crippen molar-refractivity contribution in [1.82, 2.24) is 15.1 Å². The molecule has 4 amide bonds. The Hall–Kier alpha value is -2.20. The van der Waals surface area contributed by atoms with Gasteiger partial charge < -0.3 is 32.3 Å². The fraction of sp³-hybridized carbons (Fsp3) is 0.750. The average Bonchev–Trinajstić information content (AvgIpc) is 2.63. The van der Waals surface area contributed by atoms with Gasteiger partial charge in [0.15, 0.2) is 0 Å². The molecular formula is C16H32N6O4. The maximum Gasteiger partial charge on any atom is 0.223 e. The molecule has 0 atom stereocenters. The topological polar surface area (TPSA) is 165 Å². The summed E-state index contributed by atoms with van der Waals surface area (Å²) in [5.74, 6) is -0.918. The van der Waals surface area contributed by atoms with Crippen LogP contribution in [0.4, 0.5) is 0 Å². The summed E-state index contributed by atoms with van der Waals surface area (Å²) in [6.45, 7) is 5.16. The van der Waals surface area contributed by atoms with Gasteiger partial charge in [0.25, 0.3) is 0 Å². The van der Waals surface area contributed by atoms with Crippen LogP contribution in [0.15, 0.2) is 0 Å².